The Morgan fingerprint density at radius 2 is 1.94 bits per heavy atom. The molecule has 33 heavy (non-hydrogen) atoms. The van der Waals surface area contributed by atoms with Gasteiger partial charge in [0, 0.05) is 18.7 Å². The molecule has 0 aliphatic carbocycles. The zero-order chi connectivity index (χ0) is 22.9. The van der Waals surface area contributed by atoms with Gasteiger partial charge in [0.25, 0.3) is 0 Å². The number of hydrogen-bond acceptors (Lipinski definition) is 4. The number of rotatable bonds is 5. The van der Waals surface area contributed by atoms with E-state index in [4.69, 9.17) is 14.5 Å². The molecule has 0 saturated carbocycles. The lowest BCUT2D eigenvalue weighted by atomic mass is 10.0. The average molecular weight is 443 g/mol. The molecule has 5 nitrogen and oxygen atoms in total. The van der Waals surface area contributed by atoms with Crippen molar-refractivity contribution in [1.82, 2.24) is 9.88 Å². The van der Waals surface area contributed by atoms with Gasteiger partial charge in [-0.15, -0.1) is 0 Å². The molecule has 2 atom stereocenters. The van der Waals surface area contributed by atoms with Gasteiger partial charge in [-0.2, -0.15) is 0 Å². The summed E-state index contributed by atoms with van der Waals surface area (Å²) in [5.74, 6) is 1.95. The number of carbonyl (C=O) groups is 1. The minimum Gasteiger partial charge on any atom is -0.497 e. The predicted molar refractivity (Wildman–Crippen MR) is 129 cm³/mol. The summed E-state index contributed by atoms with van der Waals surface area (Å²) in [5, 5.41) is 0. The zero-order valence-electron chi connectivity index (χ0n) is 19.5. The number of carbonyl (C=O) groups excluding carboxylic acids is 1. The summed E-state index contributed by atoms with van der Waals surface area (Å²) in [6.07, 6.45) is 3.47. The Morgan fingerprint density at radius 1 is 1.12 bits per heavy atom. The number of pyridine rings is 1. The molecule has 1 aromatic heterocycles. The Labute approximate surface area is 195 Å². The third-order valence-corrected chi connectivity index (χ3v) is 6.63. The van der Waals surface area contributed by atoms with Gasteiger partial charge in [-0.3, -0.25) is 9.78 Å². The van der Waals surface area contributed by atoms with Crippen molar-refractivity contribution in [1.29, 1.82) is 0 Å². The molecule has 5 heteroatoms. The second-order valence-electron chi connectivity index (χ2n) is 9.15. The van der Waals surface area contributed by atoms with Crippen LogP contribution >= 0.6 is 0 Å². The number of aromatic nitrogens is 1. The van der Waals surface area contributed by atoms with Gasteiger partial charge < -0.3 is 14.4 Å². The first-order valence-corrected chi connectivity index (χ1v) is 11.7. The average Bonchev–Trinajstić information content (AvgIpc) is 3.44. The van der Waals surface area contributed by atoms with Crippen molar-refractivity contribution in [2.24, 2.45) is 0 Å². The Morgan fingerprint density at radius 3 is 2.73 bits per heavy atom. The molecular formula is C28H30N2O3. The smallest absolute Gasteiger partial charge is 0.227 e. The van der Waals surface area contributed by atoms with Crippen LogP contribution in [0.25, 0.3) is 11.1 Å². The maximum atomic E-state index is 13.3. The normalized spacial score (nSPS) is 19.3. The number of amides is 1. The van der Waals surface area contributed by atoms with Gasteiger partial charge in [0.05, 0.1) is 25.3 Å². The number of hydrogen-bond donors (Lipinski definition) is 0. The molecule has 170 valence electrons. The molecule has 2 aliphatic heterocycles. The molecular weight excluding hydrogens is 412 g/mol. The summed E-state index contributed by atoms with van der Waals surface area (Å²) in [4.78, 5) is 20.2. The fourth-order valence-electron chi connectivity index (χ4n) is 5.05. The molecule has 1 saturated heterocycles. The van der Waals surface area contributed by atoms with Crippen LogP contribution in [-0.2, 0) is 17.6 Å². The second kappa shape index (κ2) is 8.89. The number of nitrogens with zero attached hydrogens (tertiary/aromatic N) is 2. The number of ether oxygens (including phenoxy) is 2. The van der Waals surface area contributed by atoms with E-state index in [1.807, 2.05) is 36.1 Å². The first kappa shape index (κ1) is 21.5. The number of benzene rings is 2. The van der Waals surface area contributed by atoms with Crippen LogP contribution in [0.5, 0.6) is 11.5 Å². The minimum atomic E-state index is 0.0205. The summed E-state index contributed by atoms with van der Waals surface area (Å²) in [7, 11) is 1.67. The van der Waals surface area contributed by atoms with Gasteiger partial charge >= 0.3 is 0 Å². The first-order valence-electron chi connectivity index (χ1n) is 11.7. The second-order valence-corrected chi connectivity index (χ2v) is 9.15. The van der Waals surface area contributed by atoms with Gasteiger partial charge in [0.15, 0.2) is 0 Å². The highest BCUT2D eigenvalue weighted by molar-refractivity contribution is 5.80. The van der Waals surface area contributed by atoms with Gasteiger partial charge in [-0.1, -0.05) is 24.3 Å². The van der Waals surface area contributed by atoms with E-state index in [1.54, 1.807) is 7.11 Å². The van der Waals surface area contributed by atoms with Crippen LogP contribution in [0.2, 0.25) is 0 Å². The van der Waals surface area contributed by atoms with E-state index in [2.05, 4.69) is 37.3 Å². The quantitative estimate of drug-likeness (QED) is 0.538. The maximum Gasteiger partial charge on any atom is 0.227 e. The van der Waals surface area contributed by atoms with Crippen LogP contribution in [0.3, 0.4) is 0 Å². The van der Waals surface area contributed by atoms with Crippen LogP contribution < -0.4 is 9.47 Å². The van der Waals surface area contributed by atoms with Crippen molar-refractivity contribution in [2.75, 3.05) is 13.7 Å². The predicted octanol–water partition coefficient (Wildman–Crippen LogP) is 5.30. The summed E-state index contributed by atoms with van der Waals surface area (Å²) in [5.41, 5.74) is 6.43. The molecule has 1 fully saturated rings. The minimum absolute atomic E-state index is 0.0205. The van der Waals surface area contributed by atoms with E-state index in [0.717, 1.165) is 65.4 Å². The molecule has 1 amide bonds. The molecule has 0 bridgehead atoms. The summed E-state index contributed by atoms with van der Waals surface area (Å²) in [6, 6.07) is 18.5. The number of likely N-dealkylation sites (tertiary alicyclic amines) is 1. The van der Waals surface area contributed by atoms with Crippen molar-refractivity contribution >= 4 is 5.91 Å². The SMILES string of the molecule is COc1ccc(-c2cc(C)nc([C@@H]3CCCN3C(=O)Cc3ccc4c(c3)C[C@@H](C)O4)c2)cc1. The van der Waals surface area contributed by atoms with E-state index >= 15 is 0 Å². The Balaban J connectivity index is 1.36. The fourth-order valence-corrected chi connectivity index (χ4v) is 5.05. The van der Waals surface area contributed by atoms with Crippen LogP contribution in [0.4, 0.5) is 0 Å². The summed E-state index contributed by atoms with van der Waals surface area (Å²) < 4.78 is 11.1. The summed E-state index contributed by atoms with van der Waals surface area (Å²) >= 11 is 0. The largest absolute Gasteiger partial charge is 0.497 e. The van der Waals surface area contributed by atoms with Gasteiger partial charge in [-0.05, 0) is 79.3 Å². The molecule has 2 aromatic carbocycles. The van der Waals surface area contributed by atoms with Crippen molar-refractivity contribution in [2.45, 2.75) is 51.7 Å². The standard InChI is InChI=1S/C28H30N2O3/c1-18-13-22(21-7-9-24(32-3)10-8-21)17-25(29-18)26-5-4-12-30(26)28(31)16-20-6-11-27-23(15-20)14-19(2)33-27/h6-11,13,15,17,19,26H,4-5,12,14,16H2,1-3H3/t19-,26+/m1/s1. The van der Waals surface area contributed by atoms with Crippen molar-refractivity contribution in [3.8, 4) is 22.6 Å². The van der Waals surface area contributed by atoms with Crippen molar-refractivity contribution in [3.05, 3.63) is 77.1 Å². The number of methoxy groups -OCH3 is 1. The highest BCUT2D eigenvalue weighted by Gasteiger charge is 2.31. The van der Waals surface area contributed by atoms with Gasteiger partial charge in [0.2, 0.25) is 5.91 Å². The first-order chi connectivity index (χ1) is 16.0. The third-order valence-electron chi connectivity index (χ3n) is 6.63. The molecule has 0 N–H and O–H groups in total. The fraction of sp³-hybridized carbons (Fsp3) is 0.357. The van der Waals surface area contributed by atoms with E-state index in [0.29, 0.717) is 6.42 Å². The van der Waals surface area contributed by atoms with Gasteiger partial charge in [0.1, 0.15) is 17.6 Å². The molecule has 0 unspecified atom stereocenters. The highest BCUT2D eigenvalue weighted by Crippen LogP contribution is 2.35. The van der Waals surface area contributed by atoms with E-state index in [9.17, 15) is 4.79 Å². The molecule has 3 aromatic rings. The molecule has 5 rings (SSSR count). The topological polar surface area (TPSA) is 51.7 Å². The van der Waals surface area contributed by atoms with Crippen LogP contribution in [0, 0.1) is 6.92 Å². The van der Waals surface area contributed by atoms with Crippen LogP contribution in [0.1, 0.15) is 48.3 Å². The van der Waals surface area contributed by atoms with Crippen LogP contribution in [0.15, 0.2) is 54.6 Å². The molecule has 0 spiro atoms. The van der Waals surface area contributed by atoms with Crippen molar-refractivity contribution < 1.29 is 14.3 Å². The zero-order valence-corrected chi connectivity index (χ0v) is 19.5. The maximum absolute atomic E-state index is 13.3. The number of fused-ring (bicyclic) bond motifs is 1. The van der Waals surface area contributed by atoms with E-state index < -0.39 is 0 Å². The third kappa shape index (κ3) is 4.45. The van der Waals surface area contributed by atoms with E-state index in [1.165, 1.54) is 5.56 Å². The Kier molecular flexibility index (Phi) is 5.79. The molecule has 3 heterocycles. The molecule has 2 aliphatic rings. The number of aryl methyl sites for hydroxylation is 1. The monoisotopic (exact) mass is 442 g/mol. The Bertz CT molecular complexity index is 1170. The summed E-state index contributed by atoms with van der Waals surface area (Å²) in [6.45, 7) is 4.88. The van der Waals surface area contributed by atoms with E-state index in [-0.39, 0.29) is 18.1 Å². The van der Waals surface area contributed by atoms with Gasteiger partial charge in [-0.25, -0.2) is 0 Å². The highest BCUT2D eigenvalue weighted by atomic mass is 16.5. The lowest BCUT2D eigenvalue weighted by molar-refractivity contribution is -0.131. The molecule has 0 radical (unpaired) electrons. The van der Waals surface area contributed by atoms with Crippen molar-refractivity contribution in [3.63, 3.8) is 0 Å². The lowest BCUT2D eigenvalue weighted by Gasteiger charge is -2.25. The van der Waals surface area contributed by atoms with Crippen LogP contribution in [-0.4, -0.2) is 35.5 Å². The Hall–Kier alpha value is -3.34. The lowest BCUT2D eigenvalue weighted by Crippen LogP contribution is -2.32.